The SMILES string of the molecule is CC1CCN1CC(F)F. The van der Waals surface area contributed by atoms with E-state index in [1.54, 1.807) is 4.90 Å². The fourth-order valence-corrected chi connectivity index (χ4v) is 1.02. The molecule has 1 aliphatic heterocycles. The van der Waals surface area contributed by atoms with Gasteiger partial charge in [-0.3, -0.25) is 4.90 Å². The van der Waals surface area contributed by atoms with Crippen molar-refractivity contribution in [2.75, 3.05) is 13.1 Å². The van der Waals surface area contributed by atoms with E-state index >= 15 is 0 Å². The molecule has 1 nitrogen and oxygen atoms in total. The lowest BCUT2D eigenvalue weighted by Gasteiger charge is -2.38. The Kier molecular flexibility index (Phi) is 2.01. The number of hydrogen-bond donors (Lipinski definition) is 0. The van der Waals surface area contributed by atoms with Crippen LogP contribution in [0.25, 0.3) is 0 Å². The summed E-state index contributed by atoms with van der Waals surface area (Å²) in [5.41, 5.74) is 0. The molecule has 0 N–H and O–H groups in total. The molecule has 0 saturated carbocycles. The van der Waals surface area contributed by atoms with E-state index in [2.05, 4.69) is 0 Å². The Morgan fingerprint density at radius 2 is 2.33 bits per heavy atom. The Bertz CT molecular complexity index is 95.1. The highest BCUT2D eigenvalue weighted by Crippen LogP contribution is 2.16. The van der Waals surface area contributed by atoms with E-state index in [1.807, 2.05) is 6.92 Å². The molecular weight excluding hydrogens is 124 g/mol. The number of likely N-dealkylation sites (tertiary alicyclic amines) is 1. The molecule has 1 heterocycles. The van der Waals surface area contributed by atoms with Gasteiger partial charge < -0.3 is 0 Å². The molecule has 0 radical (unpaired) electrons. The zero-order valence-electron chi connectivity index (χ0n) is 5.48. The van der Waals surface area contributed by atoms with Crippen molar-refractivity contribution in [3.8, 4) is 0 Å². The van der Waals surface area contributed by atoms with E-state index in [0.717, 1.165) is 13.0 Å². The second-order valence-corrected chi connectivity index (χ2v) is 2.52. The fraction of sp³-hybridized carbons (Fsp3) is 1.00. The molecule has 0 aliphatic carbocycles. The lowest BCUT2D eigenvalue weighted by Crippen LogP contribution is -2.47. The van der Waals surface area contributed by atoms with Gasteiger partial charge in [0.2, 0.25) is 0 Å². The fourth-order valence-electron chi connectivity index (χ4n) is 1.02. The topological polar surface area (TPSA) is 3.24 Å². The van der Waals surface area contributed by atoms with Gasteiger partial charge in [-0.15, -0.1) is 0 Å². The van der Waals surface area contributed by atoms with Crippen molar-refractivity contribution in [1.29, 1.82) is 0 Å². The molecule has 1 atom stereocenters. The van der Waals surface area contributed by atoms with Gasteiger partial charge in [0.05, 0.1) is 6.54 Å². The van der Waals surface area contributed by atoms with Gasteiger partial charge in [0.15, 0.2) is 0 Å². The first-order valence-corrected chi connectivity index (χ1v) is 3.22. The maximum Gasteiger partial charge on any atom is 0.251 e. The van der Waals surface area contributed by atoms with Crippen LogP contribution in [-0.2, 0) is 0 Å². The van der Waals surface area contributed by atoms with Crippen molar-refractivity contribution in [2.24, 2.45) is 0 Å². The summed E-state index contributed by atoms with van der Waals surface area (Å²) in [6.07, 6.45) is -1.08. The van der Waals surface area contributed by atoms with Gasteiger partial charge in [-0.25, -0.2) is 8.78 Å². The zero-order chi connectivity index (χ0) is 6.85. The molecule has 1 saturated heterocycles. The monoisotopic (exact) mass is 135 g/mol. The Hall–Kier alpha value is -0.180. The van der Waals surface area contributed by atoms with Crippen LogP contribution < -0.4 is 0 Å². The molecule has 0 aromatic carbocycles. The van der Waals surface area contributed by atoms with Crippen molar-refractivity contribution >= 4 is 0 Å². The first-order valence-electron chi connectivity index (χ1n) is 3.22. The highest BCUT2D eigenvalue weighted by atomic mass is 19.3. The molecule has 1 aliphatic rings. The highest BCUT2D eigenvalue weighted by molar-refractivity contribution is 4.78. The van der Waals surface area contributed by atoms with E-state index in [4.69, 9.17) is 0 Å². The van der Waals surface area contributed by atoms with Gasteiger partial charge in [0.1, 0.15) is 0 Å². The number of nitrogens with zero attached hydrogens (tertiary/aromatic N) is 1. The molecule has 9 heavy (non-hydrogen) atoms. The van der Waals surface area contributed by atoms with Crippen LogP contribution in [0, 0.1) is 0 Å². The third-order valence-corrected chi connectivity index (χ3v) is 1.83. The van der Waals surface area contributed by atoms with E-state index in [9.17, 15) is 8.78 Å². The summed E-state index contributed by atoms with van der Waals surface area (Å²) in [6.45, 7) is 2.79. The molecule has 1 rings (SSSR count). The highest BCUT2D eigenvalue weighted by Gasteiger charge is 2.25. The number of rotatable bonds is 2. The van der Waals surface area contributed by atoms with Gasteiger partial charge >= 0.3 is 0 Å². The molecule has 1 fully saturated rings. The summed E-state index contributed by atoms with van der Waals surface area (Å²) < 4.78 is 23.3. The second kappa shape index (κ2) is 2.60. The normalized spacial score (nSPS) is 28.7. The maximum atomic E-state index is 11.6. The van der Waals surface area contributed by atoms with Gasteiger partial charge in [-0.1, -0.05) is 0 Å². The largest absolute Gasteiger partial charge is 0.295 e. The summed E-state index contributed by atoms with van der Waals surface area (Å²) in [4.78, 5) is 1.80. The summed E-state index contributed by atoms with van der Waals surface area (Å²) >= 11 is 0. The Morgan fingerprint density at radius 1 is 1.67 bits per heavy atom. The van der Waals surface area contributed by atoms with E-state index in [-0.39, 0.29) is 6.54 Å². The van der Waals surface area contributed by atoms with Crippen LogP contribution in [0.15, 0.2) is 0 Å². The molecule has 0 aromatic heterocycles. The van der Waals surface area contributed by atoms with Gasteiger partial charge in [-0.05, 0) is 13.3 Å². The molecule has 0 aromatic rings. The second-order valence-electron chi connectivity index (χ2n) is 2.52. The predicted molar refractivity (Wildman–Crippen MR) is 31.7 cm³/mol. The molecule has 0 spiro atoms. The van der Waals surface area contributed by atoms with Crippen molar-refractivity contribution in [3.63, 3.8) is 0 Å². The first-order chi connectivity index (χ1) is 4.20. The average molecular weight is 135 g/mol. The first kappa shape index (κ1) is 6.93. The zero-order valence-corrected chi connectivity index (χ0v) is 5.48. The quantitative estimate of drug-likeness (QED) is 0.552. The molecule has 0 bridgehead atoms. The summed E-state index contributed by atoms with van der Waals surface area (Å²) in [6, 6.07) is 0.388. The van der Waals surface area contributed by atoms with Crippen LogP contribution >= 0.6 is 0 Å². The minimum atomic E-state index is -2.16. The van der Waals surface area contributed by atoms with Gasteiger partial charge in [-0.2, -0.15) is 0 Å². The lowest BCUT2D eigenvalue weighted by atomic mass is 10.1. The Balaban J connectivity index is 2.13. The molecule has 0 amide bonds. The Labute approximate surface area is 53.6 Å². The number of hydrogen-bond acceptors (Lipinski definition) is 1. The molecule has 3 heteroatoms. The smallest absolute Gasteiger partial charge is 0.251 e. The minimum absolute atomic E-state index is 0.0405. The van der Waals surface area contributed by atoms with Crippen LogP contribution in [0.3, 0.4) is 0 Å². The number of halogens is 2. The van der Waals surface area contributed by atoms with Crippen LogP contribution in [0.1, 0.15) is 13.3 Å². The molecule has 54 valence electrons. The van der Waals surface area contributed by atoms with Gasteiger partial charge in [0.25, 0.3) is 6.43 Å². The standard InChI is InChI=1S/C6H11F2N/c1-5-2-3-9(5)4-6(7)8/h5-6H,2-4H2,1H3. The minimum Gasteiger partial charge on any atom is -0.295 e. The van der Waals surface area contributed by atoms with E-state index in [1.165, 1.54) is 0 Å². The predicted octanol–water partition coefficient (Wildman–Crippen LogP) is 1.35. The summed E-state index contributed by atoms with van der Waals surface area (Å²) in [5.74, 6) is 0. The number of alkyl halides is 2. The Morgan fingerprint density at radius 3 is 2.44 bits per heavy atom. The third-order valence-electron chi connectivity index (χ3n) is 1.83. The molecule has 1 unspecified atom stereocenters. The van der Waals surface area contributed by atoms with Crippen LogP contribution in [0.2, 0.25) is 0 Å². The van der Waals surface area contributed by atoms with E-state index < -0.39 is 6.43 Å². The summed E-state index contributed by atoms with van der Waals surface area (Å²) in [5, 5.41) is 0. The van der Waals surface area contributed by atoms with E-state index in [0.29, 0.717) is 6.04 Å². The van der Waals surface area contributed by atoms with Crippen molar-refractivity contribution in [2.45, 2.75) is 25.8 Å². The van der Waals surface area contributed by atoms with Crippen LogP contribution in [0.5, 0.6) is 0 Å². The van der Waals surface area contributed by atoms with Crippen molar-refractivity contribution in [1.82, 2.24) is 4.90 Å². The lowest BCUT2D eigenvalue weighted by molar-refractivity contribution is 0.0240. The molecular formula is C6H11F2N. The van der Waals surface area contributed by atoms with Crippen LogP contribution in [0.4, 0.5) is 8.78 Å². The average Bonchev–Trinajstić information content (AvgIpc) is 1.79. The third kappa shape index (κ3) is 1.61. The van der Waals surface area contributed by atoms with Crippen molar-refractivity contribution < 1.29 is 8.78 Å². The van der Waals surface area contributed by atoms with Gasteiger partial charge in [0, 0.05) is 12.6 Å². The van der Waals surface area contributed by atoms with Crippen LogP contribution in [-0.4, -0.2) is 30.5 Å². The maximum absolute atomic E-state index is 11.6. The summed E-state index contributed by atoms with van der Waals surface area (Å²) in [7, 11) is 0. The van der Waals surface area contributed by atoms with Crippen molar-refractivity contribution in [3.05, 3.63) is 0 Å².